The summed E-state index contributed by atoms with van der Waals surface area (Å²) < 4.78 is 27.1. The predicted molar refractivity (Wildman–Crippen MR) is 202 cm³/mol. The molecule has 8 rings (SSSR count). The van der Waals surface area contributed by atoms with E-state index in [-0.39, 0.29) is 0 Å². The van der Waals surface area contributed by atoms with Gasteiger partial charge in [-0.15, -0.1) is 11.3 Å². The van der Waals surface area contributed by atoms with Crippen LogP contribution in [0.15, 0.2) is 162 Å². The first-order valence-electron chi connectivity index (χ1n) is 16.2. The average molecular weight is 689 g/mol. The molecule has 0 aliphatic heterocycles. The highest BCUT2D eigenvalue weighted by Gasteiger charge is 2.40. The van der Waals surface area contributed by atoms with Gasteiger partial charge < -0.3 is 0 Å². The molecule has 50 heavy (non-hydrogen) atoms. The topological polar surface area (TPSA) is 77.7 Å². The minimum Gasteiger partial charge on any atom is -0.252 e. The van der Waals surface area contributed by atoms with Gasteiger partial charge in [0.05, 0.1) is 16.1 Å². The summed E-state index contributed by atoms with van der Waals surface area (Å²) in [6, 6.07) is 49.6. The highest BCUT2D eigenvalue weighted by molar-refractivity contribution is 7.92. The normalized spacial score (nSPS) is 12.0. The summed E-state index contributed by atoms with van der Waals surface area (Å²) in [6.07, 6.45) is 4.91. The Hall–Kier alpha value is -5.70. The van der Waals surface area contributed by atoms with Gasteiger partial charge in [0.15, 0.2) is 9.84 Å². The van der Waals surface area contributed by atoms with Gasteiger partial charge in [0.1, 0.15) is 21.8 Å². The Labute approximate surface area is 295 Å². The first-order chi connectivity index (χ1) is 24.3. The van der Waals surface area contributed by atoms with Crippen molar-refractivity contribution in [2.45, 2.75) is 16.7 Å². The maximum Gasteiger partial charge on any atom is 0.184 e. The van der Waals surface area contributed by atoms with Crippen molar-refractivity contribution in [3.63, 3.8) is 0 Å². The van der Waals surface area contributed by atoms with Crippen molar-refractivity contribution < 1.29 is 8.42 Å². The molecule has 8 heteroatoms. The number of rotatable bonds is 8. The van der Waals surface area contributed by atoms with Crippen LogP contribution in [-0.4, -0.2) is 34.4 Å². The maximum atomic E-state index is 12.3. The van der Waals surface area contributed by atoms with E-state index in [9.17, 15) is 8.42 Å². The fourth-order valence-electron chi connectivity index (χ4n) is 6.68. The second kappa shape index (κ2) is 12.6. The lowest BCUT2D eigenvalue weighted by Gasteiger charge is -2.36. The molecule has 3 aromatic heterocycles. The summed E-state index contributed by atoms with van der Waals surface area (Å²) >= 11 is 1.22. The van der Waals surface area contributed by atoms with E-state index in [0.29, 0.717) is 9.90 Å². The van der Waals surface area contributed by atoms with Gasteiger partial charge >= 0.3 is 0 Å². The first kappa shape index (κ1) is 31.6. The van der Waals surface area contributed by atoms with E-state index in [1.165, 1.54) is 29.5 Å². The minimum atomic E-state index is -3.35. The largest absolute Gasteiger partial charge is 0.252 e. The first-order valence-corrected chi connectivity index (χ1v) is 18.9. The molecule has 0 atom stereocenters. The molecule has 0 fully saturated rings. The van der Waals surface area contributed by atoms with Gasteiger partial charge in [-0.05, 0) is 53.4 Å². The molecule has 6 nitrogen and oxygen atoms in total. The molecule has 0 amide bonds. The molecule has 0 N–H and O–H groups in total. The molecule has 0 radical (unpaired) electrons. The molecular weight excluding hydrogens is 657 g/mol. The van der Waals surface area contributed by atoms with E-state index >= 15 is 0 Å². The third-order valence-electron chi connectivity index (χ3n) is 9.08. The van der Waals surface area contributed by atoms with Crippen molar-refractivity contribution in [3.05, 3.63) is 180 Å². The molecule has 0 aliphatic rings. The zero-order chi connectivity index (χ0) is 34.3. The molecule has 0 spiro atoms. The SMILES string of the molecule is Cc1ccc(-c2nn(C(c3ccccc3)(c3ccccc3)c3ccccc3)cc2-c2ccc3ncnc(-c4ccc(S(C)(=O)=O)s4)c3c2)cc1. The van der Waals surface area contributed by atoms with Gasteiger partial charge in [0.25, 0.3) is 0 Å². The lowest BCUT2D eigenvalue weighted by molar-refractivity contribution is 0.461. The van der Waals surface area contributed by atoms with Crippen molar-refractivity contribution in [3.8, 4) is 33.0 Å². The zero-order valence-corrected chi connectivity index (χ0v) is 29.1. The quantitative estimate of drug-likeness (QED) is 0.149. The molecule has 5 aromatic carbocycles. The van der Waals surface area contributed by atoms with E-state index in [0.717, 1.165) is 54.9 Å². The summed E-state index contributed by atoms with van der Waals surface area (Å²) in [7, 11) is -3.35. The van der Waals surface area contributed by atoms with Crippen LogP contribution in [0.5, 0.6) is 0 Å². The van der Waals surface area contributed by atoms with Crippen molar-refractivity contribution >= 4 is 32.1 Å². The smallest absolute Gasteiger partial charge is 0.184 e. The summed E-state index contributed by atoms with van der Waals surface area (Å²) in [6.45, 7) is 2.08. The monoisotopic (exact) mass is 688 g/mol. The molecule has 3 heterocycles. The van der Waals surface area contributed by atoms with Crippen molar-refractivity contribution in [2.24, 2.45) is 0 Å². The second-order valence-corrected chi connectivity index (χ2v) is 15.7. The Morgan fingerprint density at radius 1 is 0.640 bits per heavy atom. The Balaban J connectivity index is 1.42. The highest BCUT2D eigenvalue weighted by atomic mass is 32.2. The summed E-state index contributed by atoms with van der Waals surface area (Å²) in [5, 5.41) is 6.33. The van der Waals surface area contributed by atoms with Crippen LogP contribution in [0.4, 0.5) is 0 Å². The van der Waals surface area contributed by atoms with Gasteiger partial charge in [-0.3, -0.25) is 4.68 Å². The molecular formula is C42H32N4O2S2. The molecule has 0 saturated heterocycles. The Bertz CT molecular complexity index is 2470. The van der Waals surface area contributed by atoms with Crippen molar-refractivity contribution in [1.82, 2.24) is 19.7 Å². The standard InChI is InChI=1S/C42H32N4O2S2/c1-29-18-20-30(21-19-29)40-36(31-22-23-37-35(26-31)41(44-28-43-37)38-24-25-39(49-38)50(2,47)48)27-46(45-40)42(32-12-6-3-7-13-32,33-14-8-4-9-15-33)34-16-10-5-11-17-34/h3-28H,1-2H3. The second-order valence-electron chi connectivity index (χ2n) is 12.4. The van der Waals surface area contributed by atoms with E-state index in [4.69, 9.17) is 5.10 Å². The maximum absolute atomic E-state index is 12.3. The fourth-order valence-corrected chi connectivity index (χ4v) is 8.62. The van der Waals surface area contributed by atoms with Crippen LogP contribution in [0, 0.1) is 6.92 Å². The lowest BCUT2D eigenvalue weighted by Crippen LogP contribution is -2.38. The van der Waals surface area contributed by atoms with Crippen LogP contribution >= 0.6 is 11.3 Å². The van der Waals surface area contributed by atoms with Crippen LogP contribution < -0.4 is 0 Å². The van der Waals surface area contributed by atoms with Crippen molar-refractivity contribution in [1.29, 1.82) is 0 Å². The molecule has 8 aromatic rings. The van der Waals surface area contributed by atoms with Crippen LogP contribution in [-0.2, 0) is 15.4 Å². The fraction of sp³-hybridized carbons (Fsp3) is 0.0714. The van der Waals surface area contributed by atoms with E-state index < -0.39 is 15.4 Å². The number of benzene rings is 5. The molecule has 0 bridgehead atoms. The van der Waals surface area contributed by atoms with Crippen molar-refractivity contribution in [2.75, 3.05) is 6.26 Å². The zero-order valence-electron chi connectivity index (χ0n) is 27.4. The third-order valence-corrected chi connectivity index (χ3v) is 12.0. The number of sulfone groups is 1. The number of hydrogen-bond acceptors (Lipinski definition) is 6. The van der Waals surface area contributed by atoms with Gasteiger partial charge in [-0.2, -0.15) is 5.10 Å². The van der Waals surface area contributed by atoms with Gasteiger partial charge in [0, 0.05) is 29.0 Å². The summed E-state index contributed by atoms with van der Waals surface area (Å²) in [5.41, 5.74) is 8.78. The van der Waals surface area contributed by atoms with Crippen LogP contribution in [0.3, 0.4) is 0 Å². The number of hydrogen-bond donors (Lipinski definition) is 0. The van der Waals surface area contributed by atoms with Gasteiger partial charge in [0.2, 0.25) is 0 Å². The number of thiophene rings is 1. The minimum absolute atomic E-state index is 0.303. The lowest BCUT2D eigenvalue weighted by atomic mass is 9.77. The number of nitrogens with zero attached hydrogens (tertiary/aromatic N) is 4. The van der Waals surface area contributed by atoms with Gasteiger partial charge in [-0.1, -0.05) is 127 Å². The molecule has 0 unspecified atom stereocenters. The third kappa shape index (κ3) is 5.52. The summed E-state index contributed by atoms with van der Waals surface area (Å²) in [4.78, 5) is 9.98. The number of aromatic nitrogens is 4. The average Bonchev–Trinajstić information content (AvgIpc) is 3.83. The Morgan fingerprint density at radius 3 is 1.78 bits per heavy atom. The Kier molecular flexibility index (Phi) is 7.98. The predicted octanol–water partition coefficient (Wildman–Crippen LogP) is 9.44. The van der Waals surface area contributed by atoms with Crippen LogP contribution in [0.25, 0.3) is 43.9 Å². The molecule has 0 aliphatic carbocycles. The molecule has 244 valence electrons. The van der Waals surface area contributed by atoms with E-state index in [2.05, 4.69) is 137 Å². The van der Waals surface area contributed by atoms with Crippen LogP contribution in [0.1, 0.15) is 22.3 Å². The number of fused-ring (bicyclic) bond motifs is 1. The van der Waals surface area contributed by atoms with E-state index in [1.807, 2.05) is 30.3 Å². The van der Waals surface area contributed by atoms with Gasteiger partial charge in [-0.25, -0.2) is 18.4 Å². The summed E-state index contributed by atoms with van der Waals surface area (Å²) in [5.74, 6) is 0. The molecule has 0 saturated carbocycles. The van der Waals surface area contributed by atoms with Crippen LogP contribution in [0.2, 0.25) is 0 Å². The highest BCUT2D eigenvalue weighted by Crippen LogP contribution is 2.44. The van der Waals surface area contributed by atoms with E-state index in [1.54, 1.807) is 6.07 Å². The Morgan fingerprint density at radius 2 is 1.22 bits per heavy atom. The number of aryl methyl sites for hydroxylation is 1.